The molecule has 2 rings (SSSR count). The van der Waals surface area contributed by atoms with Crippen molar-refractivity contribution in [1.29, 1.82) is 0 Å². The van der Waals surface area contributed by atoms with Crippen molar-refractivity contribution >= 4 is 12.0 Å². The van der Waals surface area contributed by atoms with Gasteiger partial charge in [-0.2, -0.15) is 0 Å². The van der Waals surface area contributed by atoms with E-state index >= 15 is 0 Å². The lowest BCUT2D eigenvalue weighted by atomic mass is 9.85. The van der Waals surface area contributed by atoms with E-state index in [9.17, 15) is 14.7 Å². The van der Waals surface area contributed by atoms with Crippen molar-refractivity contribution in [2.45, 2.75) is 38.3 Å². The summed E-state index contributed by atoms with van der Waals surface area (Å²) in [5.74, 6) is -0.213. The van der Waals surface area contributed by atoms with Crippen molar-refractivity contribution in [3.63, 3.8) is 0 Å². The molecule has 1 fully saturated rings. The van der Waals surface area contributed by atoms with Gasteiger partial charge >= 0.3 is 6.09 Å². The van der Waals surface area contributed by atoms with Gasteiger partial charge in [-0.1, -0.05) is 30.3 Å². The van der Waals surface area contributed by atoms with Crippen LogP contribution in [-0.4, -0.2) is 35.2 Å². The van der Waals surface area contributed by atoms with Gasteiger partial charge in [0.2, 0.25) is 5.91 Å². The minimum Gasteiger partial charge on any atom is -0.465 e. The predicted octanol–water partition coefficient (Wildman–Crippen LogP) is 2.40. The lowest BCUT2D eigenvalue weighted by Crippen LogP contribution is -2.43. The molecule has 1 aliphatic carbocycles. The molecule has 6 nitrogen and oxygen atoms in total. The number of nitrogens with zero attached hydrogens (tertiary/aromatic N) is 1. The number of hydrogen-bond acceptors (Lipinski definition) is 3. The number of hydroxylamine groups is 1. The zero-order valence-corrected chi connectivity index (χ0v) is 12.7. The first-order chi connectivity index (χ1) is 10.6. The Labute approximate surface area is 130 Å². The average Bonchev–Trinajstić information content (AvgIpc) is 2.54. The fourth-order valence-corrected chi connectivity index (χ4v) is 2.97. The normalized spacial score (nSPS) is 21.1. The first kappa shape index (κ1) is 16.3. The molecule has 0 saturated heterocycles. The minimum absolute atomic E-state index is 0.0377. The Morgan fingerprint density at radius 2 is 1.86 bits per heavy atom. The fraction of sp³-hybridized carbons (Fsp3) is 0.500. The molecular formula is C16H22N2O4. The Bertz CT molecular complexity index is 498. The summed E-state index contributed by atoms with van der Waals surface area (Å²) in [4.78, 5) is 29.4. The molecule has 2 N–H and O–H groups in total. The highest BCUT2D eigenvalue weighted by Gasteiger charge is 2.31. The summed E-state index contributed by atoms with van der Waals surface area (Å²) >= 11 is 0. The second-order valence-electron chi connectivity index (χ2n) is 5.57. The standard InChI is InChI=1S/C16H22N2O4/c1-22-17-15(19)13-7-9-14(10-8-13)18(16(20)21)11-12-5-3-2-4-6-12/h2-6,13-14H,7-11H2,1H3,(H,17,19)(H,20,21)/t13-,14-. The summed E-state index contributed by atoms with van der Waals surface area (Å²) < 4.78 is 0. The SMILES string of the molecule is CONC(=O)[C@H]1CC[C@H](N(Cc2ccccc2)C(=O)O)CC1. The van der Waals surface area contributed by atoms with E-state index in [-0.39, 0.29) is 17.9 Å². The Kier molecular flexibility index (Phi) is 5.77. The van der Waals surface area contributed by atoms with Crippen molar-refractivity contribution in [3.05, 3.63) is 35.9 Å². The van der Waals surface area contributed by atoms with Gasteiger partial charge in [0.25, 0.3) is 0 Å². The van der Waals surface area contributed by atoms with Gasteiger partial charge in [-0.3, -0.25) is 9.63 Å². The minimum atomic E-state index is -0.909. The lowest BCUT2D eigenvalue weighted by Gasteiger charge is -2.34. The number of carbonyl (C=O) groups excluding carboxylic acids is 1. The molecule has 0 bridgehead atoms. The quantitative estimate of drug-likeness (QED) is 0.819. The largest absolute Gasteiger partial charge is 0.465 e. The van der Waals surface area contributed by atoms with E-state index in [1.54, 1.807) is 0 Å². The van der Waals surface area contributed by atoms with E-state index in [0.717, 1.165) is 5.56 Å². The van der Waals surface area contributed by atoms with Crippen LogP contribution in [0.3, 0.4) is 0 Å². The molecule has 1 saturated carbocycles. The van der Waals surface area contributed by atoms with E-state index in [0.29, 0.717) is 32.2 Å². The second kappa shape index (κ2) is 7.79. The molecule has 1 aromatic rings. The van der Waals surface area contributed by atoms with Crippen molar-refractivity contribution in [2.75, 3.05) is 7.11 Å². The van der Waals surface area contributed by atoms with Crippen molar-refractivity contribution in [1.82, 2.24) is 10.4 Å². The van der Waals surface area contributed by atoms with Crippen LogP contribution in [0.2, 0.25) is 0 Å². The Morgan fingerprint density at radius 3 is 2.41 bits per heavy atom. The van der Waals surface area contributed by atoms with Crippen molar-refractivity contribution in [3.8, 4) is 0 Å². The molecule has 0 heterocycles. The van der Waals surface area contributed by atoms with Crippen LogP contribution in [0.4, 0.5) is 4.79 Å². The van der Waals surface area contributed by atoms with Gasteiger partial charge in [0.1, 0.15) is 0 Å². The Morgan fingerprint density at radius 1 is 1.23 bits per heavy atom. The van der Waals surface area contributed by atoms with Crippen LogP contribution in [0.5, 0.6) is 0 Å². The maximum atomic E-state index is 11.7. The van der Waals surface area contributed by atoms with Gasteiger partial charge in [0.15, 0.2) is 0 Å². The van der Waals surface area contributed by atoms with Crippen LogP contribution >= 0.6 is 0 Å². The van der Waals surface area contributed by atoms with Gasteiger partial charge < -0.3 is 10.0 Å². The molecule has 120 valence electrons. The summed E-state index contributed by atoms with van der Waals surface area (Å²) in [6, 6.07) is 9.53. The summed E-state index contributed by atoms with van der Waals surface area (Å²) in [6.07, 6.45) is 1.84. The molecule has 1 aromatic carbocycles. The molecule has 6 heteroatoms. The summed E-state index contributed by atoms with van der Waals surface area (Å²) in [5.41, 5.74) is 3.33. The van der Waals surface area contributed by atoms with E-state index in [4.69, 9.17) is 0 Å². The molecule has 0 atom stereocenters. The predicted molar refractivity (Wildman–Crippen MR) is 80.9 cm³/mol. The van der Waals surface area contributed by atoms with Crippen LogP contribution in [-0.2, 0) is 16.2 Å². The molecule has 0 spiro atoms. The maximum Gasteiger partial charge on any atom is 0.407 e. The number of carboxylic acid groups (broad SMARTS) is 1. The molecule has 0 aliphatic heterocycles. The number of rotatable bonds is 5. The lowest BCUT2D eigenvalue weighted by molar-refractivity contribution is -0.136. The first-order valence-corrected chi connectivity index (χ1v) is 7.48. The smallest absolute Gasteiger partial charge is 0.407 e. The average molecular weight is 306 g/mol. The van der Waals surface area contributed by atoms with Crippen LogP contribution < -0.4 is 5.48 Å². The number of amides is 2. The van der Waals surface area contributed by atoms with E-state index in [2.05, 4.69) is 10.3 Å². The van der Waals surface area contributed by atoms with Crippen LogP contribution in [0.25, 0.3) is 0 Å². The molecule has 0 aromatic heterocycles. The summed E-state index contributed by atoms with van der Waals surface area (Å²) in [7, 11) is 1.41. The van der Waals surface area contributed by atoms with Crippen LogP contribution in [0, 0.1) is 5.92 Å². The van der Waals surface area contributed by atoms with E-state index in [1.165, 1.54) is 12.0 Å². The van der Waals surface area contributed by atoms with Gasteiger partial charge in [0.05, 0.1) is 7.11 Å². The molecule has 0 radical (unpaired) electrons. The number of nitrogens with one attached hydrogen (secondary N) is 1. The van der Waals surface area contributed by atoms with Gasteiger partial charge in [-0.25, -0.2) is 10.3 Å². The van der Waals surface area contributed by atoms with Crippen LogP contribution in [0.1, 0.15) is 31.2 Å². The Hall–Kier alpha value is -2.08. The monoisotopic (exact) mass is 306 g/mol. The summed E-state index contributed by atoms with van der Waals surface area (Å²) in [5, 5.41) is 9.47. The highest BCUT2D eigenvalue weighted by molar-refractivity contribution is 5.77. The molecule has 1 aliphatic rings. The molecule has 0 unspecified atom stereocenters. The zero-order valence-electron chi connectivity index (χ0n) is 12.7. The third-order valence-corrected chi connectivity index (χ3v) is 4.15. The van der Waals surface area contributed by atoms with E-state index in [1.807, 2.05) is 30.3 Å². The van der Waals surface area contributed by atoms with Crippen molar-refractivity contribution < 1.29 is 19.5 Å². The van der Waals surface area contributed by atoms with Gasteiger partial charge in [-0.05, 0) is 31.2 Å². The number of benzene rings is 1. The van der Waals surface area contributed by atoms with Crippen molar-refractivity contribution in [2.24, 2.45) is 5.92 Å². The number of carbonyl (C=O) groups is 2. The van der Waals surface area contributed by atoms with Crippen LogP contribution in [0.15, 0.2) is 30.3 Å². The third-order valence-electron chi connectivity index (χ3n) is 4.15. The Balaban J connectivity index is 1.94. The highest BCUT2D eigenvalue weighted by atomic mass is 16.6. The highest BCUT2D eigenvalue weighted by Crippen LogP contribution is 2.28. The summed E-state index contributed by atoms with van der Waals surface area (Å²) in [6.45, 7) is 0.385. The fourth-order valence-electron chi connectivity index (χ4n) is 2.97. The zero-order chi connectivity index (χ0) is 15.9. The molecule has 22 heavy (non-hydrogen) atoms. The molecule has 2 amide bonds. The number of hydrogen-bond donors (Lipinski definition) is 2. The van der Waals surface area contributed by atoms with Gasteiger partial charge in [-0.15, -0.1) is 0 Å². The van der Waals surface area contributed by atoms with Gasteiger partial charge in [0, 0.05) is 18.5 Å². The topological polar surface area (TPSA) is 78.9 Å². The molecular weight excluding hydrogens is 284 g/mol. The maximum absolute atomic E-state index is 11.7. The second-order valence-corrected chi connectivity index (χ2v) is 5.57. The third kappa shape index (κ3) is 4.21. The first-order valence-electron chi connectivity index (χ1n) is 7.48. The van der Waals surface area contributed by atoms with E-state index < -0.39 is 6.09 Å².